The van der Waals surface area contributed by atoms with Crippen LogP contribution in [0.5, 0.6) is 5.06 Å². The van der Waals surface area contributed by atoms with Crippen LogP contribution in [0.4, 0.5) is 4.79 Å². The third kappa shape index (κ3) is 2.21. The molecular formula is C9H3Cl3O2S. The molecule has 0 saturated carbocycles. The van der Waals surface area contributed by atoms with Crippen LogP contribution in [0, 0.1) is 0 Å². The van der Waals surface area contributed by atoms with Crippen molar-refractivity contribution in [2.24, 2.45) is 0 Å². The summed E-state index contributed by atoms with van der Waals surface area (Å²) < 4.78 is 5.59. The first-order chi connectivity index (χ1) is 7.08. The Hall–Kier alpha value is -0.480. The summed E-state index contributed by atoms with van der Waals surface area (Å²) in [5.41, 5.74) is -0.908. The number of hydrogen-bond donors (Lipinski definition) is 0. The van der Waals surface area contributed by atoms with Crippen LogP contribution in [0.2, 0.25) is 10.0 Å². The molecule has 0 bridgehead atoms. The predicted octanol–water partition coefficient (Wildman–Crippen LogP) is 4.95. The predicted molar refractivity (Wildman–Crippen MR) is 63.7 cm³/mol. The molecule has 0 saturated heterocycles. The summed E-state index contributed by atoms with van der Waals surface area (Å²) in [6, 6.07) is 5.23. The fraction of sp³-hybridized carbons (Fsp3) is 0. The minimum absolute atomic E-state index is 0.286. The van der Waals surface area contributed by atoms with E-state index < -0.39 is 5.43 Å². The van der Waals surface area contributed by atoms with Gasteiger partial charge in [-0.2, -0.15) is 0 Å². The molecule has 6 heteroatoms. The lowest BCUT2D eigenvalue weighted by Gasteiger charge is -1.93. The summed E-state index contributed by atoms with van der Waals surface area (Å²) in [4.78, 5) is 10.6. The van der Waals surface area contributed by atoms with Gasteiger partial charge in [0.1, 0.15) is 5.02 Å². The summed E-state index contributed by atoms with van der Waals surface area (Å²) in [6.45, 7) is 0. The summed E-state index contributed by atoms with van der Waals surface area (Å²) in [5, 5.41) is 2.05. The van der Waals surface area contributed by atoms with Gasteiger partial charge < -0.3 is 4.74 Å². The second kappa shape index (κ2) is 4.18. The molecule has 15 heavy (non-hydrogen) atoms. The van der Waals surface area contributed by atoms with E-state index in [1.165, 1.54) is 11.3 Å². The van der Waals surface area contributed by atoms with Gasteiger partial charge >= 0.3 is 5.43 Å². The Bertz CT molecular complexity index is 535. The molecule has 0 N–H and O–H groups in total. The maximum atomic E-state index is 10.6. The maximum Gasteiger partial charge on any atom is 0.410 e. The molecule has 0 aliphatic rings. The zero-order valence-electron chi connectivity index (χ0n) is 7.09. The van der Waals surface area contributed by atoms with Crippen molar-refractivity contribution < 1.29 is 9.53 Å². The minimum atomic E-state index is -0.908. The van der Waals surface area contributed by atoms with Gasteiger partial charge in [0.15, 0.2) is 0 Å². The molecule has 2 aromatic rings. The molecule has 0 atom stereocenters. The molecule has 0 radical (unpaired) electrons. The second-order valence-corrected chi connectivity index (χ2v) is 4.82. The summed E-state index contributed by atoms with van der Waals surface area (Å²) in [7, 11) is 0. The van der Waals surface area contributed by atoms with Crippen LogP contribution < -0.4 is 4.74 Å². The fourth-order valence-electron chi connectivity index (χ4n) is 1.16. The maximum absolute atomic E-state index is 10.6. The van der Waals surface area contributed by atoms with E-state index in [4.69, 9.17) is 39.5 Å². The minimum Gasteiger partial charge on any atom is -0.402 e. The van der Waals surface area contributed by atoms with E-state index >= 15 is 0 Å². The highest BCUT2D eigenvalue weighted by molar-refractivity contribution is 7.21. The highest BCUT2D eigenvalue weighted by atomic mass is 35.5. The van der Waals surface area contributed by atoms with Gasteiger partial charge in [-0.25, -0.2) is 4.79 Å². The van der Waals surface area contributed by atoms with Crippen LogP contribution in [0.25, 0.3) is 10.1 Å². The van der Waals surface area contributed by atoms with Crippen molar-refractivity contribution in [2.75, 3.05) is 0 Å². The first-order valence-corrected chi connectivity index (χ1v) is 5.78. The fourth-order valence-corrected chi connectivity index (χ4v) is 2.87. The second-order valence-electron chi connectivity index (χ2n) is 2.68. The molecule has 2 nitrogen and oxygen atoms in total. The number of fused-ring (bicyclic) bond motifs is 1. The number of ether oxygens (including phenoxy) is 1. The highest BCUT2D eigenvalue weighted by Crippen LogP contribution is 2.42. The lowest BCUT2D eigenvalue weighted by Crippen LogP contribution is -1.93. The van der Waals surface area contributed by atoms with E-state index in [9.17, 15) is 4.79 Å². The van der Waals surface area contributed by atoms with Gasteiger partial charge in [0.05, 0.1) is 0 Å². The number of rotatable bonds is 1. The van der Waals surface area contributed by atoms with Crippen molar-refractivity contribution in [3.8, 4) is 5.06 Å². The molecule has 1 aromatic carbocycles. The Morgan fingerprint density at radius 1 is 1.33 bits per heavy atom. The number of benzene rings is 1. The lowest BCUT2D eigenvalue weighted by atomic mass is 10.3. The molecule has 0 aliphatic carbocycles. The SMILES string of the molecule is O=C(Cl)Oc1sc2cc(Cl)ccc2c1Cl. The Balaban J connectivity index is 2.58. The number of carbonyl (C=O) groups excluding carboxylic acids is 1. The van der Waals surface area contributed by atoms with Crippen molar-refractivity contribution in [1.82, 2.24) is 0 Å². The van der Waals surface area contributed by atoms with Gasteiger partial charge in [-0.1, -0.05) is 40.6 Å². The van der Waals surface area contributed by atoms with Crippen LogP contribution in [0.15, 0.2) is 18.2 Å². The molecule has 78 valence electrons. The van der Waals surface area contributed by atoms with E-state index in [0.717, 1.165) is 10.1 Å². The van der Waals surface area contributed by atoms with Gasteiger partial charge in [0, 0.05) is 26.7 Å². The molecule has 0 fully saturated rings. The number of thiophene rings is 1. The van der Waals surface area contributed by atoms with Crippen LogP contribution in [0.1, 0.15) is 0 Å². The molecule has 0 aliphatic heterocycles. The molecule has 0 spiro atoms. The molecule has 1 heterocycles. The summed E-state index contributed by atoms with van der Waals surface area (Å²) in [6.07, 6.45) is 0. The zero-order valence-corrected chi connectivity index (χ0v) is 10.2. The lowest BCUT2D eigenvalue weighted by molar-refractivity contribution is 0.227. The van der Waals surface area contributed by atoms with Crippen LogP contribution >= 0.6 is 46.1 Å². The van der Waals surface area contributed by atoms with Crippen molar-refractivity contribution in [2.45, 2.75) is 0 Å². The zero-order chi connectivity index (χ0) is 11.0. The molecule has 1 aromatic heterocycles. The van der Waals surface area contributed by atoms with Gasteiger partial charge in [-0.05, 0) is 12.1 Å². The largest absolute Gasteiger partial charge is 0.410 e. The Morgan fingerprint density at radius 2 is 2.07 bits per heavy atom. The third-order valence-electron chi connectivity index (χ3n) is 1.73. The monoisotopic (exact) mass is 280 g/mol. The van der Waals surface area contributed by atoms with Crippen molar-refractivity contribution in [3.05, 3.63) is 28.2 Å². The van der Waals surface area contributed by atoms with E-state index in [2.05, 4.69) is 0 Å². The third-order valence-corrected chi connectivity index (χ3v) is 3.57. The topological polar surface area (TPSA) is 26.3 Å². The van der Waals surface area contributed by atoms with E-state index in [1.807, 2.05) is 0 Å². The number of halogens is 3. The Labute approximate surface area is 104 Å². The van der Waals surface area contributed by atoms with Gasteiger partial charge in [-0.3, -0.25) is 0 Å². The Morgan fingerprint density at radius 3 is 2.73 bits per heavy atom. The van der Waals surface area contributed by atoms with Crippen LogP contribution in [0.3, 0.4) is 0 Å². The Kier molecular flexibility index (Phi) is 3.07. The molecule has 2 rings (SSSR count). The molecular weight excluding hydrogens is 279 g/mol. The molecule has 0 unspecified atom stereocenters. The smallest absolute Gasteiger partial charge is 0.402 e. The van der Waals surface area contributed by atoms with Gasteiger partial charge in [-0.15, -0.1) is 0 Å². The van der Waals surface area contributed by atoms with Crippen LogP contribution in [-0.4, -0.2) is 5.43 Å². The van der Waals surface area contributed by atoms with Crippen LogP contribution in [-0.2, 0) is 0 Å². The highest BCUT2D eigenvalue weighted by Gasteiger charge is 2.13. The van der Waals surface area contributed by atoms with E-state index in [1.54, 1.807) is 18.2 Å². The van der Waals surface area contributed by atoms with Crippen molar-refractivity contribution >= 4 is 61.7 Å². The van der Waals surface area contributed by atoms with Gasteiger partial charge in [0.2, 0.25) is 5.06 Å². The van der Waals surface area contributed by atoms with E-state index in [0.29, 0.717) is 10.0 Å². The average molecular weight is 282 g/mol. The first kappa shape index (κ1) is 11.0. The van der Waals surface area contributed by atoms with Crippen molar-refractivity contribution in [3.63, 3.8) is 0 Å². The summed E-state index contributed by atoms with van der Waals surface area (Å²) in [5.74, 6) is 0. The average Bonchev–Trinajstić information content (AvgIpc) is 2.42. The normalized spacial score (nSPS) is 10.6. The first-order valence-electron chi connectivity index (χ1n) is 3.83. The number of carbonyl (C=O) groups is 1. The van der Waals surface area contributed by atoms with E-state index in [-0.39, 0.29) is 5.06 Å². The number of hydrogen-bond acceptors (Lipinski definition) is 3. The summed E-state index contributed by atoms with van der Waals surface area (Å²) >= 11 is 18.1. The molecule has 0 amide bonds. The quantitative estimate of drug-likeness (QED) is 0.692. The van der Waals surface area contributed by atoms with Gasteiger partial charge in [0.25, 0.3) is 0 Å². The van der Waals surface area contributed by atoms with Crippen molar-refractivity contribution in [1.29, 1.82) is 0 Å². The standard InChI is InChI=1S/C9H3Cl3O2S/c10-4-1-2-5-6(3-4)15-8(7(5)11)14-9(12)13/h1-3H.